The van der Waals surface area contributed by atoms with Gasteiger partial charge < -0.3 is 9.80 Å². The fraction of sp³-hybridized carbons (Fsp3) is 0.615. The highest BCUT2D eigenvalue weighted by molar-refractivity contribution is 5.82. The van der Waals surface area contributed by atoms with Crippen LogP contribution >= 0.6 is 0 Å². The van der Waals surface area contributed by atoms with Gasteiger partial charge in [-0.05, 0) is 0 Å². The molecule has 9 heteroatoms. The Morgan fingerprint density at radius 1 is 1.09 bits per heavy atom. The molecule has 0 radical (unpaired) electrons. The summed E-state index contributed by atoms with van der Waals surface area (Å²) >= 11 is 0. The molecule has 0 unspecified atom stereocenters. The fourth-order valence-electron chi connectivity index (χ4n) is 3.22. The molecular formula is C13H16F3N4O2+. The van der Waals surface area contributed by atoms with Gasteiger partial charge in [-0.25, -0.2) is 9.36 Å². The summed E-state index contributed by atoms with van der Waals surface area (Å²) in [7, 11) is 1.79. The number of likely N-dealkylation sites (tertiary alicyclic amines) is 2. The van der Waals surface area contributed by atoms with Gasteiger partial charge in [-0.3, -0.25) is 4.79 Å². The second-order valence-corrected chi connectivity index (χ2v) is 5.90. The van der Waals surface area contributed by atoms with Gasteiger partial charge in [-0.15, -0.1) is 0 Å². The van der Waals surface area contributed by atoms with E-state index in [-0.39, 0.29) is 31.0 Å². The van der Waals surface area contributed by atoms with Gasteiger partial charge in [-0.2, -0.15) is 17.7 Å². The number of carbonyl (C=O) groups excluding carboxylic acids is 2. The third-order valence-corrected chi connectivity index (χ3v) is 4.28. The van der Waals surface area contributed by atoms with Crippen LogP contribution in [0.4, 0.5) is 18.0 Å². The maximum Gasteiger partial charge on any atom is 0.471 e. The molecule has 0 bridgehead atoms. The molecule has 3 heterocycles. The minimum Gasteiger partial charge on any atom is -0.334 e. The Morgan fingerprint density at radius 3 is 2.09 bits per heavy atom. The number of carbonyl (C=O) groups is 2. The molecule has 22 heavy (non-hydrogen) atoms. The maximum atomic E-state index is 12.4. The topological polar surface area (TPSA) is 49.4 Å². The predicted molar refractivity (Wildman–Crippen MR) is 67.6 cm³/mol. The molecule has 1 aromatic rings. The SMILES string of the molecule is C[n+]1ccn(C(=O)N2C[C@@H]3CN(C(=O)C(F)(F)F)C[C@@H]3C2)c1. The highest BCUT2D eigenvalue weighted by Crippen LogP contribution is 2.33. The Hall–Kier alpha value is -2.06. The normalized spacial score (nSPS) is 24.7. The number of imidazole rings is 1. The maximum absolute atomic E-state index is 12.4. The molecule has 2 fully saturated rings. The number of hydrogen-bond donors (Lipinski definition) is 0. The third kappa shape index (κ3) is 2.55. The lowest BCUT2D eigenvalue weighted by molar-refractivity contribution is -0.670. The van der Waals surface area contributed by atoms with Crippen molar-refractivity contribution in [2.75, 3.05) is 26.2 Å². The molecule has 0 spiro atoms. The zero-order chi connectivity index (χ0) is 16.1. The number of fused-ring (bicyclic) bond motifs is 1. The van der Waals surface area contributed by atoms with Crippen LogP contribution in [0.2, 0.25) is 0 Å². The van der Waals surface area contributed by atoms with Crippen LogP contribution in [0, 0.1) is 11.8 Å². The van der Waals surface area contributed by atoms with Crippen LogP contribution in [0.15, 0.2) is 18.7 Å². The van der Waals surface area contributed by atoms with Crippen molar-refractivity contribution in [1.29, 1.82) is 0 Å². The van der Waals surface area contributed by atoms with Gasteiger partial charge in [0, 0.05) is 38.0 Å². The van der Waals surface area contributed by atoms with E-state index in [0.717, 1.165) is 4.90 Å². The Labute approximate surface area is 124 Å². The van der Waals surface area contributed by atoms with Crippen molar-refractivity contribution < 1.29 is 27.3 Å². The first-order valence-corrected chi connectivity index (χ1v) is 6.94. The Bertz CT molecular complexity index is 599. The molecule has 120 valence electrons. The number of halogens is 3. The largest absolute Gasteiger partial charge is 0.471 e. The van der Waals surface area contributed by atoms with Crippen molar-refractivity contribution in [3.05, 3.63) is 18.7 Å². The van der Waals surface area contributed by atoms with Gasteiger partial charge in [0.25, 0.3) is 6.33 Å². The summed E-state index contributed by atoms with van der Waals surface area (Å²) in [5, 5.41) is 0. The number of nitrogens with zero attached hydrogens (tertiary/aromatic N) is 4. The first-order valence-electron chi connectivity index (χ1n) is 6.94. The highest BCUT2D eigenvalue weighted by atomic mass is 19.4. The first-order chi connectivity index (χ1) is 10.3. The van der Waals surface area contributed by atoms with Crippen LogP contribution in [0.5, 0.6) is 0 Å². The van der Waals surface area contributed by atoms with Gasteiger partial charge in [0.2, 0.25) is 0 Å². The van der Waals surface area contributed by atoms with E-state index in [1.807, 2.05) is 0 Å². The summed E-state index contributed by atoms with van der Waals surface area (Å²) in [6.45, 7) is 0.887. The molecule has 0 aromatic carbocycles. The van der Waals surface area contributed by atoms with Gasteiger partial charge >= 0.3 is 18.1 Å². The summed E-state index contributed by atoms with van der Waals surface area (Å²) in [6, 6.07) is -0.191. The number of aryl methyl sites for hydroxylation is 1. The fourth-order valence-corrected chi connectivity index (χ4v) is 3.22. The van der Waals surface area contributed by atoms with Crippen molar-refractivity contribution in [3.63, 3.8) is 0 Å². The van der Waals surface area contributed by atoms with Crippen LogP contribution in [-0.4, -0.2) is 58.7 Å². The second kappa shape index (κ2) is 4.99. The van der Waals surface area contributed by atoms with E-state index in [2.05, 4.69) is 0 Å². The van der Waals surface area contributed by atoms with Crippen molar-refractivity contribution in [2.24, 2.45) is 18.9 Å². The zero-order valence-electron chi connectivity index (χ0n) is 12.0. The van der Waals surface area contributed by atoms with E-state index >= 15 is 0 Å². The summed E-state index contributed by atoms with van der Waals surface area (Å²) in [5.41, 5.74) is 0. The molecule has 2 atom stereocenters. The Kier molecular flexibility index (Phi) is 3.37. The minimum absolute atomic E-state index is 0.0618. The van der Waals surface area contributed by atoms with Crippen LogP contribution in [0.1, 0.15) is 0 Å². The molecule has 0 N–H and O–H groups in total. The van der Waals surface area contributed by atoms with Gasteiger partial charge in [0.15, 0.2) is 0 Å². The predicted octanol–water partition coefficient (Wildman–Crippen LogP) is 0.233. The molecule has 3 rings (SSSR count). The van der Waals surface area contributed by atoms with E-state index in [4.69, 9.17) is 0 Å². The standard InChI is InChI=1S/C13H16F3N4O2/c1-17-2-3-18(8-17)12(22)20-6-9-4-19(5-10(9)7-20)11(21)13(14,15)16/h2-3,8-10H,4-7H2,1H3/q+1/t9-,10+. The van der Waals surface area contributed by atoms with Crippen LogP contribution in [-0.2, 0) is 11.8 Å². The molecule has 0 saturated carbocycles. The number of aromatic nitrogens is 2. The van der Waals surface area contributed by atoms with E-state index < -0.39 is 12.1 Å². The smallest absolute Gasteiger partial charge is 0.334 e. The summed E-state index contributed by atoms with van der Waals surface area (Å²) in [5.74, 6) is -1.95. The molecule has 2 saturated heterocycles. The zero-order valence-corrected chi connectivity index (χ0v) is 12.0. The van der Waals surface area contributed by atoms with E-state index in [1.165, 1.54) is 4.57 Å². The number of hydrogen-bond acceptors (Lipinski definition) is 2. The molecule has 2 amide bonds. The van der Waals surface area contributed by atoms with Crippen molar-refractivity contribution in [3.8, 4) is 0 Å². The number of alkyl halides is 3. The average Bonchev–Trinajstić information content (AvgIpc) is 3.09. The van der Waals surface area contributed by atoms with E-state index in [0.29, 0.717) is 13.1 Å². The molecule has 1 aromatic heterocycles. The quantitative estimate of drug-likeness (QED) is 0.643. The molecule has 2 aliphatic rings. The lowest BCUT2D eigenvalue weighted by Gasteiger charge is -2.21. The highest BCUT2D eigenvalue weighted by Gasteiger charge is 2.50. The minimum atomic E-state index is -4.83. The van der Waals surface area contributed by atoms with Crippen molar-refractivity contribution >= 4 is 11.9 Å². The van der Waals surface area contributed by atoms with Gasteiger partial charge in [-0.1, -0.05) is 0 Å². The average molecular weight is 317 g/mol. The summed E-state index contributed by atoms with van der Waals surface area (Å²) in [4.78, 5) is 26.0. The van der Waals surface area contributed by atoms with Gasteiger partial charge in [0.1, 0.15) is 12.4 Å². The lowest BCUT2D eigenvalue weighted by Crippen LogP contribution is -2.42. The molecule has 6 nitrogen and oxygen atoms in total. The third-order valence-electron chi connectivity index (χ3n) is 4.28. The molecule has 0 aliphatic carbocycles. The van der Waals surface area contributed by atoms with Gasteiger partial charge in [0.05, 0.1) is 7.05 Å². The lowest BCUT2D eigenvalue weighted by atomic mass is 10.0. The molecular weight excluding hydrogens is 301 g/mol. The summed E-state index contributed by atoms with van der Waals surface area (Å²) < 4.78 is 40.5. The van der Waals surface area contributed by atoms with Crippen molar-refractivity contribution in [1.82, 2.24) is 14.4 Å². The Balaban J connectivity index is 1.62. The number of amides is 2. The van der Waals surface area contributed by atoms with E-state index in [9.17, 15) is 22.8 Å². The van der Waals surface area contributed by atoms with Crippen LogP contribution in [0.25, 0.3) is 0 Å². The van der Waals surface area contributed by atoms with E-state index in [1.54, 1.807) is 35.2 Å². The Morgan fingerprint density at radius 2 is 1.64 bits per heavy atom. The first kappa shape index (κ1) is 14.9. The summed E-state index contributed by atoms with van der Waals surface area (Å²) in [6.07, 6.45) is 0.179. The van der Waals surface area contributed by atoms with Crippen molar-refractivity contribution in [2.45, 2.75) is 6.18 Å². The number of rotatable bonds is 0. The monoisotopic (exact) mass is 317 g/mol. The second-order valence-electron chi connectivity index (χ2n) is 5.90. The van der Waals surface area contributed by atoms with Crippen LogP contribution in [0.3, 0.4) is 0 Å². The molecule has 2 aliphatic heterocycles. The van der Waals surface area contributed by atoms with Crippen LogP contribution < -0.4 is 4.57 Å².